The summed E-state index contributed by atoms with van der Waals surface area (Å²) in [6, 6.07) is 1.08. The number of rotatable bonds is 2. The maximum atomic E-state index is 11.9. The van der Waals surface area contributed by atoms with Gasteiger partial charge in [0.05, 0.1) is 5.60 Å². The van der Waals surface area contributed by atoms with Crippen LogP contribution in [0.25, 0.3) is 0 Å². The molecule has 0 radical (unpaired) electrons. The minimum atomic E-state index is -1.27. The van der Waals surface area contributed by atoms with E-state index in [0.29, 0.717) is 13.0 Å². The molecule has 0 aromatic carbocycles. The van der Waals surface area contributed by atoms with Crippen molar-refractivity contribution in [3.8, 4) is 0 Å². The zero-order valence-electron chi connectivity index (χ0n) is 9.21. The van der Waals surface area contributed by atoms with E-state index in [4.69, 9.17) is 5.11 Å². The standard InChI is InChI=1S/C10H12N2O5/c1-10(16)2-3-12(5-10)8(13)6-4-7(9(14)15)17-11-6/h4,16H,2-3,5H2,1H3,(H,14,15). The normalized spacial score (nSPS) is 24.0. The minimum Gasteiger partial charge on any atom is -0.475 e. The van der Waals surface area contributed by atoms with E-state index in [1.165, 1.54) is 4.90 Å². The molecule has 1 unspecified atom stereocenters. The second-order valence-corrected chi connectivity index (χ2v) is 4.36. The first kappa shape index (κ1) is 11.6. The lowest BCUT2D eigenvalue weighted by molar-refractivity contribution is 0.0566. The average Bonchev–Trinajstić information content (AvgIpc) is 2.83. The van der Waals surface area contributed by atoms with E-state index in [0.717, 1.165) is 6.07 Å². The molecule has 1 fully saturated rings. The number of aliphatic hydroxyl groups is 1. The van der Waals surface area contributed by atoms with E-state index in [-0.39, 0.29) is 18.0 Å². The minimum absolute atomic E-state index is 0.0555. The molecule has 1 aromatic rings. The van der Waals surface area contributed by atoms with Crippen LogP contribution >= 0.6 is 0 Å². The van der Waals surface area contributed by atoms with Gasteiger partial charge in [-0.05, 0) is 13.3 Å². The van der Waals surface area contributed by atoms with Gasteiger partial charge in [0.1, 0.15) is 0 Å². The number of hydrogen-bond acceptors (Lipinski definition) is 5. The quantitative estimate of drug-likeness (QED) is 0.752. The Kier molecular flexibility index (Phi) is 2.62. The molecule has 92 valence electrons. The van der Waals surface area contributed by atoms with Crippen LogP contribution in [0.2, 0.25) is 0 Å². The highest BCUT2D eigenvalue weighted by Crippen LogP contribution is 2.21. The molecule has 1 atom stereocenters. The number of carboxylic acid groups (broad SMARTS) is 1. The van der Waals surface area contributed by atoms with Gasteiger partial charge in [0.15, 0.2) is 5.69 Å². The monoisotopic (exact) mass is 240 g/mol. The molecule has 2 heterocycles. The van der Waals surface area contributed by atoms with Gasteiger partial charge in [-0.2, -0.15) is 0 Å². The van der Waals surface area contributed by atoms with Gasteiger partial charge in [-0.25, -0.2) is 4.79 Å². The number of amides is 1. The molecule has 1 amide bonds. The molecule has 2 rings (SSSR count). The predicted molar refractivity (Wildman–Crippen MR) is 54.6 cm³/mol. The highest BCUT2D eigenvalue weighted by molar-refractivity contribution is 5.95. The summed E-state index contributed by atoms with van der Waals surface area (Å²) >= 11 is 0. The molecular formula is C10H12N2O5. The van der Waals surface area contributed by atoms with Crippen molar-refractivity contribution in [1.29, 1.82) is 0 Å². The highest BCUT2D eigenvalue weighted by atomic mass is 16.5. The lowest BCUT2D eigenvalue weighted by atomic mass is 10.1. The van der Waals surface area contributed by atoms with Crippen molar-refractivity contribution in [2.45, 2.75) is 18.9 Å². The Hall–Kier alpha value is -1.89. The van der Waals surface area contributed by atoms with Crippen molar-refractivity contribution in [3.05, 3.63) is 17.5 Å². The lowest BCUT2D eigenvalue weighted by Crippen LogP contribution is -2.34. The van der Waals surface area contributed by atoms with Crippen LogP contribution in [-0.4, -0.2) is 50.8 Å². The fourth-order valence-corrected chi connectivity index (χ4v) is 1.76. The third-order valence-electron chi connectivity index (χ3n) is 2.68. The molecule has 1 saturated heterocycles. The van der Waals surface area contributed by atoms with E-state index >= 15 is 0 Å². The highest BCUT2D eigenvalue weighted by Gasteiger charge is 2.35. The fourth-order valence-electron chi connectivity index (χ4n) is 1.76. The van der Waals surface area contributed by atoms with Gasteiger partial charge >= 0.3 is 5.97 Å². The number of aromatic nitrogens is 1. The van der Waals surface area contributed by atoms with Crippen LogP contribution in [0, 0.1) is 0 Å². The zero-order chi connectivity index (χ0) is 12.6. The number of carbonyl (C=O) groups excluding carboxylic acids is 1. The summed E-state index contributed by atoms with van der Waals surface area (Å²) in [7, 11) is 0. The summed E-state index contributed by atoms with van der Waals surface area (Å²) in [5.74, 6) is -2.08. The second kappa shape index (κ2) is 3.85. The summed E-state index contributed by atoms with van der Waals surface area (Å²) in [5.41, 5.74) is -0.949. The van der Waals surface area contributed by atoms with Crippen molar-refractivity contribution in [1.82, 2.24) is 10.1 Å². The second-order valence-electron chi connectivity index (χ2n) is 4.36. The molecule has 1 aromatic heterocycles. The van der Waals surface area contributed by atoms with Crippen LogP contribution in [0.4, 0.5) is 0 Å². The number of carbonyl (C=O) groups is 2. The van der Waals surface area contributed by atoms with Gasteiger partial charge in [0.2, 0.25) is 5.76 Å². The van der Waals surface area contributed by atoms with Crippen molar-refractivity contribution < 1.29 is 24.3 Å². The van der Waals surface area contributed by atoms with Crippen molar-refractivity contribution in [2.24, 2.45) is 0 Å². The van der Waals surface area contributed by atoms with Crippen LogP contribution in [0.1, 0.15) is 34.4 Å². The zero-order valence-corrected chi connectivity index (χ0v) is 9.21. The lowest BCUT2D eigenvalue weighted by Gasteiger charge is -2.17. The Balaban J connectivity index is 2.12. The van der Waals surface area contributed by atoms with Crippen LogP contribution in [0.15, 0.2) is 10.6 Å². The molecular weight excluding hydrogens is 228 g/mol. The Labute approximate surface area is 96.6 Å². The number of aromatic carboxylic acids is 1. The molecule has 7 nitrogen and oxygen atoms in total. The molecule has 0 saturated carbocycles. The number of β-amino-alcohol motifs (C(OH)–C–C–N with tert-alkyl or cyclic N) is 1. The van der Waals surface area contributed by atoms with Gasteiger partial charge in [0, 0.05) is 19.2 Å². The summed E-state index contributed by atoms with van der Waals surface area (Å²) in [4.78, 5) is 23.9. The summed E-state index contributed by atoms with van der Waals surface area (Å²) in [5, 5.41) is 21.8. The summed E-state index contributed by atoms with van der Waals surface area (Å²) in [6.45, 7) is 2.27. The molecule has 2 N–H and O–H groups in total. The van der Waals surface area contributed by atoms with Crippen LogP contribution in [0.5, 0.6) is 0 Å². The molecule has 7 heteroatoms. The number of likely N-dealkylation sites (tertiary alicyclic amines) is 1. The number of hydrogen-bond donors (Lipinski definition) is 2. The molecule has 1 aliphatic rings. The van der Waals surface area contributed by atoms with Gasteiger partial charge < -0.3 is 19.6 Å². The van der Waals surface area contributed by atoms with E-state index in [1.54, 1.807) is 6.92 Å². The molecule has 0 bridgehead atoms. The smallest absolute Gasteiger partial charge is 0.374 e. The van der Waals surface area contributed by atoms with Crippen molar-refractivity contribution in [3.63, 3.8) is 0 Å². The van der Waals surface area contributed by atoms with Crippen LogP contribution in [-0.2, 0) is 0 Å². The van der Waals surface area contributed by atoms with Crippen molar-refractivity contribution in [2.75, 3.05) is 13.1 Å². The third-order valence-corrected chi connectivity index (χ3v) is 2.68. The van der Waals surface area contributed by atoms with Crippen molar-refractivity contribution >= 4 is 11.9 Å². The fraction of sp³-hybridized carbons (Fsp3) is 0.500. The first-order valence-corrected chi connectivity index (χ1v) is 5.11. The Bertz CT molecular complexity index is 465. The van der Waals surface area contributed by atoms with Crippen LogP contribution in [0.3, 0.4) is 0 Å². The van der Waals surface area contributed by atoms with E-state index in [9.17, 15) is 14.7 Å². The Morgan fingerprint density at radius 3 is 2.76 bits per heavy atom. The maximum absolute atomic E-state index is 11.9. The topological polar surface area (TPSA) is 104 Å². The number of carboxylic acids is 1. The van der Waals surface area contributed by atoms with Gasteiger partial charge in [-0.3, -0.25) is 4.79 Å². The summed E-state index contributed by atoms with van der Waals surface area (Å²) in [6.07, 6.45) is 0.488. The molecule has 0 spiro atoms. The number of nitrogens with zero attached hydrogens (tertiary/aromatic N) is 2. The van der Waals surface area contributed by atoms with Crippen LogP contribution < -0.4 is 0 Å². The SMILES string of the molecule is CC1(O)CCN(C(=O)c2cc(C(=O)O)on2)C1. The Morgan fingerprint density at radius 1 is 1.59 bits per heavy atom. The van der Waals surface area contributed by atoms with Gasteiger partial charge in [0.25, 0.3) is 5.91 Å². The third kappa shape index (κ3) is 2.28. The molecule has 1 aliphatic heterocycles. The predicted octanol–water partition coefficient (Wildman–Crippen LogP) is -0.0303. The van der Waals surface area contributed by atoms with Gasteiger partial charge in [-0.1, -0.05) is 5.16 Å². The van der Waals surface area contributed by atoms with E-state index in [1.807, 2.05) is 0 Å². The largest absolute Gasteiger partial charge is 0.475 e. The molecule has 0 aliphatic carbocycles. The van der Waals surface area contributed by atoms with E-state index in [2.05, 4.69) is 9.68 Å². The maximum Gasteiger partial charge on any atom is 0.374 e. The molecule has 17 heavy (non-hydrogen) atoms. The first-order valence-electron chi connectivity index (χ1n) is 5.11. The summed E-state index contributed by atoms with van der Waals surface area (Å²) < 4.78 is 4.50. The average molecular weight is 240 g/mol. The van der Waals surface area contributed by atoms with E-state index < -0.39 is 17.5 Å². The Morgan fingerprint density at radius 2 is 2.29 bits per heavy atom. The van der Waals surface area contributed by atoms with Gasteiger partial charge in [-0.15, -0.1) is 0 Å². The first-order chi connectivity index (χ1) is 7.89.